The Morgan fingerprint density at radius 3 is 1.62 bits per heavy atom. The van der Waals surface area contributed by atoms with E-state index in [1.165, 1.54) is 6.92 Å². The Bertz CT molecular complexity index is 3850. The molecule has 22 heteroatoms. The summed E-state index contributed by atoms with van der Waals surface area (Å²) in [6.07, 6.45) is 4.21. The summed E-state index contributed by atoms with van der Waals surface area (Å²) < 4.78 is 17.3. The molecule has 0 fully saturated rings. The second kappa shape index (κ2) is 36.4. The Kier molecular flexibility index (Phi) is 27.5. The molecular weight excluding hydrogens is 1280 g/mol. The van der Waals surface area contributed by atoms with Crippen LogP contribution in [-0.4, -0.2) is 125 Å². The van der Waals surface area contributed by atoms with E-state index in [9.17, 15) is 33.9 Å². The number of ether oxygens (including phenoxy) is 3. The van der Waals surface area contributed by atoms with Crippen LogP contribution in [0.5, 0.6) is 0 Å². The molecule has 22 nitrogen and oxygen atoms in total. The fraction of sp³-hybridized carbons (Fsp3) is 0.392. The first kappa shape index (κ1) is 76.1. The highest BCUT2D eigenvalue weighted by molar-refractivity contribution is 5.99. The number of rotatable bonds is 36. The first-order valence-corrected chi connectivity index (χ1v) is 34.8. The van der Waals surface area contributed by atoms with Gasteiger partial charge in [0, 0.05) is 35.9 Å². The van der Waals surface area contributed by atoms with Crippen LogP contribution in [-0.2, 0) is 69.3 Å². The van der Waals surface area contributed by atoms with Gasteiger partial charge in [0.15, 0.2) is 0 Å². The molecule has 9 N–H and O–H groups in total. The van der Waals surface area contributed by atoms with Gasteiger partial charge >= 0.3 is 24.0 Å². The van der Waals surface area contributed by atoms with Crippen molar-refractivity contribution in [1.82, 2.24) is 42.2 Å². The van der Waals surface area contributed by atoms with Gasteiger partial charge in [-0.05, 0) is 90.6 Å². The first-order valence-electron chi connectivity index (χ1n) is 34.8. The van der Waals surface area contributed by atoms with E-state index in [2.05, 4.69) is 49.1 Å². The number of unbranched alkanes of at least 4 members (excludes halogenated alkanes) is 6. The third-order valence-corrected chi connectivity index (χ3v) is 18.0. The lowest BCUT2D eigenvalue weighted by molar-refractivity contribution is -0.157. The monoisotopic (exact) mass is 1380 g/mol. The van der Waals surface area contributed by atoms with E-state index in [1.807, 2.05) is 164 Å². The second-order valence-electron chi connectivity index (χ2n) is 26.6. The Morgan fingerprint density at radius 1 is 0.545 bits per heavy atom. The number of amides is 7. The van der Waals surface area contributed by atoms with Crippen LogP contribution in [0.25, 0.3) is 22.0 Å². The first-order chi connectivity index (χ1) is 48.5. The number of para-hydroxylation sites is 1. The van der Waals surface area contributed by atoms with Crippen LogP contribution < -0.4 is 37.2 Å². The third kappa shape index (κ3) is 21.0. The molecule has 0 bridgehead atoms. The molecule has 1 aliphatic carbocycles. The number of carboxylic acid groups (broad SMARTS) is 1. The lowest BCUT2D eigenvalue weighted by Crippen LogP contribution is -2.61. The molecule has 7 aromatic rings. The molecule has 0 saturated heterocycles. The SMILES string of the molecule is CCCCCCCCCC(=O)NC(Cc1c[nH]c2ccccc12)C(=O)NC(CC(=O)NC(c1ccccc1)(c1ccccc1)c1ccccc1)C(=O)NC(CC(=O)OC(C)(C)C)C(=O)NC(C(=O)NCC(=O)O)C(C)OC(=O)C(NC(=O)OCC1c2ccccc2-c2ccccc21)C(C)CC. The molecule has 7 amide bonds. The zero-order valence-corrected chi connectivity index (χ0v) is 58.4. The number of H-pyrrole nitrogens is 1. The minimum absolute atomic E-state index is 0.0837. The average molecular weight is 1380 g/mol. The molecule has 1 aliphatic rings. The van der Waals surface area contributed by atoms with Crippen molar-refractivity contribution in [3.8, 4) is 11.1 Å². The van der Waals surface area contributed by atoms with Gasteiger partial charge in [0.25, 0.3) is 0 Å². The summed E-state index contributed by atoms with van der Waals surface area (Å²) in [6.45, 7) is 10.5. The van der Waals surface area contributed by atoms with E-state index >= 15 is 19.2 Å². The third-order valence-electron chi connectivity index (χ3n) is 18.0. The van der Waals surface area contributed by atoms with Crippen molar-refractivity contribution in [2.45, 2.75) is 179 Å². The van der Waals surface area contributed by atoms with Gasteiger partial charge in [0.2, 0.25) is 35.4 Å². The van der Waals surface area contributed by atoms with Crippen molar-refractivity contribution in [2.75, 3.05) is 13.2 Å². The molecule has 6 aromatic carbocycles. The molecule has 0 aliphatic heterocycles. The van der Waals surface area contributed by atoms with Gasteiger partial charge in [-0.25, -0.2) is 9.59 Å². The van der Waals surface area contributed by atoms with Crippen molar-refractivity contribution in [3.05, 3.63) is 203 Å². The highest BCUT2D eigenvalue weighted by Crippen LogP contribution is 2.45. The van der Waals surface area contributed by atoms with Gasteiger partial charge in [-0.15, -0.1) is 0 Å². The lowest BCUT2D eigenvalue weighted by Gasteiger charge is -2.37. The van der Waals surface area contributed by atoms with Crippen LogP contribution in [0.2, 0.25) is 0 Å². The van der Waals surface area contributed by atoms with E-state index < -0.39 is 132 Å². The summed E-state index contributed by atoms with van der Waals surface area (Å²) in [5, 5.41) is 29.1. The number of carbonyl (C=O) groups excluding carboxylic acids is 9. The van der Waals surface area contributed by atoms with Gasteiger partial charge in [-0.3, -0.25) is 38.4 Å². The minimum Gasteiger partial charge on any atom is -0.480 e. The number of esters is 2. The molecule has 1 heterocycles. The predicted molar refractivity (Wildman–Crippen MR) is 382 cm³/mol. The number of aromatic amines is 1. The molecule has 101 heavy (non-hydrogen) atoms. The molecule has 534 valence electrons. The Balaban J connectivity index is 1.11. The molecule has 7 unspecified atom stereocenters. The summed E-state index contributed by atoms with van der Waals surface area (Å²) in [7, 11) is 0. The van der Waals surface area contributed by atoms with E-state index in [4.69, 9.17) is 14.2 Å². The Labute approximate surface area is 589 Å². The van der Waals surface area contributed by atoms with Crippen LogP contribution in [0.1, 0.15) is 158 Å². The zero-order valence-electron chi connectivity index (χ0n) is 58.4. The van der Waals surface area contributed by atoms with E-state index in [-0.39, 0.29) is 25.4 Å². The van der Waals surface area contributed by atoms with Crippen LogP contribution >= 0.6 is 0 Å². The van der Waals surface area contributed by atoms with Crippen molar-refractivity contribution < 1.29 is 67.3 Å². The molecule has 8 rings (SSSR count). The number of alkyl carbamates (subject to hydrolysis) is 1. The summed E-state index contributed by atoms with van der Waals surface area (Å²) in [5.41, 5.74) is 4.59. The maximum atomic E-state index is 15.5. The number of aromatic nitrogens is 1. The van der Waals surface area contributed by atoms with Crippen molar-refractivity contribution >= 4 is 70.3 Å². The standard InChI is InChI=1S/C79H94N8O14/c1-8-10-11-12-13-14-24-43-66(88)82-63(44-52-47-80-62-42-30-29-37-56(52)62)72(93)83-64(45-67(89)87-79(53-31-18-15-19-32-53,54-33-20-16-21-34-54)55-35-22-17-23-36-55)73(94)84-65(46-69(92)101-78(5,6)7)74(95)85-71(75(96)81-48-68(90)91)51(4)100-76(97)70(50(3)9-2)86-77(98)99-49-61-59-40-27-25-38-57(59)58-39-26-28-41-60(58)61/h15-23,25-42,47,50-51,61,63-65,70-71,80H,8-14,24,43-46,48-49H2,1-7H3,(H,81,96)(H,82,88)(H,83,93)(H,84,94)(H,85,95)(H,86,98)(H,87,89)(H,90,91). The average Bonchev–Trinajstić information content (AvgIpc) is 1.47. The quantitative estimate of drug-likeness (QED) is 0.00764. The number of hydrogen-bond acceptors (Lipinski definition) is 13. The molecule has 0 saturated carbocycles. The minimum atomic E-state index is -2.01. The molecule has 0 spiro atoms. The van der Waals surface area contributed by atoms with Crippen molar-refractivity contribution in [2.24, 2.45) is 5.92 Å². The molecule has 1 aromatic heterocycles. The fourth-order valence-corrected chi connectivity index (χ4v) is 12.7. The number of carbonyl (C=O) groups is 10. The van der Waals surface area contributed by atoms with Gasteiger partial charge < -0.3 is 61.5 Å². The van der Waals surface area contributed by atoms with E-state index in [1.54, 1.807) is 40.8 Å². The maximum Gasteiger partial charge on any atom is 0.407 e. The summed E-state index contributed by atoms with van der Waals surface area (Å²) in [6, 6.07) is 41.6. The lowest BCUT2D eigenvalue weighted by atomic mass is 9.77. The van der Waals surface area contributed by atoms with Crippen molar-refractivity contribution in [3.63, 3.8) is 0 Å². The van der Waals surface area contributed by atoms with E-state index in [0.717, 1.165) is 71.7 Å². The summed E-state index contributed by atoms with van der Waals surface area (Å²) >= 11 is 0. The van der Waals surface area contributed by atoms with Crippen LogP contribution in [0.4, 0.5) is 4.79 Å². The maximum absolute atomic E-state index is 15.5. The van der Waals surface area contributed by atoms with Gasteiger partial charge in [-0.2, -0.15) is 0 Å². The smallest absolute Gasteiger partial charge is 0.407 e. The zero-order chi connectivity index (χ0) is 72.6. The molecule has 0 radical (unpaired) electrons. The number of carboxylic acids is 1. The highest BCUT2D eigenvalue weighted by atomic mass is 16.6. The largest absolute Gasteiger partial charge is 0.480 e. The van der Waals surface area contributed by atoms with Crippen molar-refractivity contribution in [1.29, 1.82) is 0 Å². The normalized spacial score (nSPS) is 14.0. The second-order valence-corrected chi connectivity index (χ2v) is 26.6. The topological polar surface area (TPSA) is 319 Å². The predicted octanol–water partition coefficient (Wildman–Crippen LogP) is 10.1. The highest BCUT2D eigenvalue weighted by Gasteiger charge is 2.42. The number of fused-ring (bicyclic) bond motifs is 4. The fourth-order valence-electron chi connectivity index (χ4n) is 12.7. The Hall–Kier alpha value is -10.6. The Morgan fingerprint density at radius 2 is 1.06 bits per heavy atom. The molecular formula is C79H94N8O14. The number of aliphatic carboxylic acids is 1. The van der Waals surface area contributed by atoms with Gasteiger partial charge in [0.1, 0.15) is 60.6 Å². The number of benzene rings is 6. The van der Waals surface area contributed by atoms with Crippen LogP contribution in [0, 0.1) is 5.92 Å². The molecule has 7 atom stereocenters. The summed E-state index contributed by atoms with van der Waals surface area (Å²) in [5.74, 6) is -10.2. The number of hydrogen-bond donors (Lipinski definition) is 9. The van der Waals surface area contributed by atoms with Gasteiger partial charge in [-0.1, -0.05) is 223 Å². The number of nitrogens with one attached hydrogen (secondary N) is 8. The summed E-state index contributed by atoms with van der Waals surface area (Å²) in [4.78, 5) is 147. The van der Waals surface area contributed by atoms with E-state index in [0.29, 0.717) is 35.1 Å². The van der Waals surface area contributed by atoms with Crippen LogP contribution in [0.15, 0.2) is 170 Å². The van der Waals surface area contributed by atoms with Crippen LogP contribution in [0.3, 0.4) is 0 Å². The van der Waals surface area contributed by atoms with Gasteiger partial charge in [0.05, 0.1) is 12.8 Å².